The summed E-state index contributed by atoms with van der Waals surface area (Å²) in [6.45, 7) is 0. The van der Waals surface area contributed by atoms with Crippen LogP contribution in [0.1, 0.15) is 0 Å². The molecule has 2 rings (SSSR count). The van der Waals surface area contributed by atoms with E-state index in [0.717, 1.165) is 10.4 Å². The zero-order valence-electron chi connectivity index (χ0n) is 7.42. The van der Waals surface area contributed by atoms with E-state index >= 15 is 0 Å². The van der Waals surface area contributed by atoms with Gasteiger partial charge in [0, 0.05) is 16.9 Å². The average molecular weight is 260 g/mol. The van der Waals surface area contributed by atoms with Crippen molar-refractivity contribution < 1.29 is 8.42 Å². The highest BCUT2D eigenvalue weighted by Crippen LogP contribution is 2.24. The van der Waals surface area contributed by atoms with Crippen LogP contribution >= 0.6 is 22.2 Å². The number of hydrogen-bond acceptors (Lipinski definition) is 4. The van der Waals surface area contributed by atoms with Gasteiger partial charge in [0.15, 0.2) is 0 Å². The van der Waals surface area contributed by atoms with Crippen molar-refractivity contribution in [1.29, 1.82) is 0 Å². The van der Waals surface area contributed by atoms with E-state index in [1.807, 2.05) is 6.07 Å². The SMILES string of the molecule is O=S(=O)(Cl)c1ccc(-c2ccns2)cc1. The summed E-state index contributed by atoms with van der Waals surface area (Å²) < 4.78 is 25.9. The molecule has 0 radical (unpaired) electrons. The smallest absolute Gasteiger partial charge is 0.207 e. The topological polar surface area (TPSA) is 47.0 Å². The molecule has 0 spiro atoms. The Balaban J connectivity index is 2.42. The highest BCUT2D eigenvalue weighted by Gasteiger charge is 2.09. The maximum atomic E-state index is 11.0. The maximum absolute atomic E-state index is 11.0. The first-order valence-electron chi connectivity index (χ1n) is 4.03. The predicted octanol–water partition coefficient (Wildman–Crippen LogP) is 2.74. The van der Waals surface area contributed by atoms with Crippen LogP contribution in [0.3, 0.4) is 0 Å². The van der Waals surface area contributed by atoms with E-state index in [1.165, 1.54) is 23.7 Å². The Kier molecular flexibility index (Phi) is 2.77. The van der Waals surface area contributed by atoms with Crippen molar-refractivity contribution in [3.8, 4) is 10.4 Å². The standard InChI is InChI=1S/C9H6ClNO2S2/c10-15(12,13)8-3-1-7(2-4-8)9-5-6-11-14-9/h1-6H. The fraction of sp³-hybridized carbons (Fsp3) is 0. The van der Waals surface area contributed by atoms with Crippen molar-refractivity contribution in [1.82, 2.24) is 4.37 Å². The summed E-state index contributed by atoms with van der Waals surface area (Å²) in [6, 6.07) is 8.26. The number of rotatable bonds is 2. The maximum Gasteiger partial charge on any atom is 0.261 e. The molecule has 0 amide bonds. The summed E-state index contributed by atoms with van der Waals surface area (Å²) in [6.07, 6.45) is 1.70. The monoisotopic (exact) mass is 259 g/mol. The van der Waals surface area contributed by atoms with Crippen LogP contribution in [0.2, 0.25) is 0 Å². The van der Waals surface area contributed by atoms with Gasteiger partial charge in [0.2, 0.25) is 0 Å². The Bertz CT molecular complexity index is 546. The van der Waals surface area contributed by atoms with Crippen molar-refractivity contribution in [2.45, 2.75) is 4.90 Å². The zero-order valence-corrected chi connectivity index (χ0v) is 9.81. The van der Waals surface area contributed by atoms with E-state index in [9.17, 15) is 8.42 Å². The summed E-state index contributed by atoms with van der Waals surface area (Å²) in [7, 11) is 1.57. The van der Waals surface area contributed by atoms with Gasteiger partial charge in [0.25, 0.3) is 9.05 Å². The molecule has 0 unspecified atom stereocenters. The van der Waals surface area contributed by atoms with Crippen LogP contribution < -0.4 is 0 Å². The number of hydrogen-bond donors (Lipinski definition) is 0. The van der Waals surface area contributed by atoms with E-state index in [1.54, 1.807) is 18.3 Å². The molecule has 0 aliphatic carbocycles. The highest BCUT2D eigenvalue weighted by molar-refractivity contribution is 8.13. The summed E-state index contributed by atoms with van der Waals surface area (Å²) in [5.41, 5.74) is 0.932. The molecule has 0 aliphatic heterocycles. The minimum atomic E-state index is -3.63. The van der Waals surface area contributed by atoms with Gasteiger partial charge < -0.3 is 0 Å². The van der Waals surface area contributed by atoms with Crippen molar-refractivity contribution in [3.05, 3.63) is 36.5 Å². The number of aromatic nitrogens is 1. The van der Waals surface area contributed by atoms with Gasteiger partial charge >= 0.3 is 0 Å². The minimum absolute atomic E-state index is 0.109. The first kappa shape index (κ1) is 10.6. The lowest BCUT2D eigenvalue weighted by Crippen LogP contribution is -1.89. The molecule has 1 aromatic heterocycles. The van der Waals surface area contributed by atoms with Crippen molar-refractivity contribution in [2.24, 2.45) is 0 Å². The molecular formula is C9H6ClNO2S2. The molecule has 0 fully saturated rings. The van der Waals surface area contributed by atoms with Gasteiger partial charge in [-0.25, -0.2) is 12.8 Å². The van der Waals surface area contributed by atoms with Crippen LogP contribution in [0.15, 0.2) is 41.4 Å². The van der Waals surface area contributed by atoms with Gasteiger partial charge in [-0.3, -0.25) is 0 Å². The Morgan fingerprint density at radius 3 is 2.27 bits per heavy atom. The van der Waals surface area contributed by atoms with Crippen molar-refractivity contribution in [3.63, 3.8) is 0 Å². The summed E-state index contributed by atoms with van der Waals surface area (Å²) in [5.74, 6) is 0. The molecule has 0 aliphatic rings. The lowest BCUT2D eigenvalue weighted by molar-refractivity contribution is 0.609. The zero-order chi connectivity index (χ0) is 10.9. The molecule has 0 N–H and O–H groups in total. The van der Waals surface area contributed by atoms with Gasteiger partial charge in [-0.15, -0.1) is 0 Å². The van der Waals surface area contributed by atoms with E-state index in [2.05, 4.69) is 4.37 Å². The van der Waals surface area contributed by atoms with Crippen molar-refractivity contribution in [2.75, 3.05) is 0 Å². The second-order valence-corrected chi connectivity index (χ2v) is 6.24. The Hall–Kier alpha value is -0.910. The molecular weight excluding hydrogens is 254 g/mol. The lowest BCUT2D eigenvalue weighted by atomic mass is 10.2. The van der Waals surface area contributed by atoms with E-state index in [4.69, 9.17) is 10.7 Å². The number of benzene rings is 1. The van der Waals surface area contributed by atoms with Gasteiger partial charge in [0.1, 0.15) is 0 Å². The number of halogens is 1. The lowest BCUT2D eigenvalue weighted by Gasteiger charge is -1.98. The summed E-state index contributed by atoms with van der Waals surface area (Å²) in [5, 5.41) is 0. The molecule has 1 aromatic carbocycles. The van der Waals surface area contributed by atoms with Crippen LogP contribution in [0, 0.1) is 0 Å². The van der Waals surface area contributed by atoms with Crippen molar-refractivity contribution >= 4 is 31.3 Å². The molecule has 3 nitrogen and oxygen atoms in total. The molecule has 6 heteroatoms. The molecule has 0 atom stereocenters. The quantitative estimate of drug-likeness (QED) is 0.779. The van der Waals surface area contributed by atoms with E-state index in [0.29, 0.717) is 0 Å². The first-order chi connectivity index (χ1) is 7.07. The number of nitrogens with zero attached hydrogens (tertiary/aromatic N) is 1. The second kappa shape index (κ2) is 3.92. The van der Waals surface area contributed by atoms with Gasteiger partial charge in [-0.1, -0.05) is 12.1 Å². The third-order valence-electron chi connectivity index (χ3n) is 1.86. The highest BCUT2D eigenvalue weighted by atomic mass is 35.7. The van der Waals surface area contributed by atoms with Crippen LogP contribution in [0.25, 0.3) is 10.4 Å². The average Bonchev–Trinajstić information content (AvgIpc) is 2.69. The van der Waals surface area contributed by atoms with Crippen LogP contribution in [0.4, 0.5) is 0 Å². The van der Waals surface area contributed by atoms with E-state index < -0.39 is 9.05 Å². The van der Waals surface area contributed by atoms with Crippen LogP contribution in [0.5, 0.6) is 0 Å². The molecule has 2 aromatic rings. The minimum Gasteiger partial charge on any atom is -0.207 e. The fourth-order valence-corrected chi connectivity index (χ4v) is 2.51. The molecule has 0 saturated carbocycles. The van der Waals surface area contributed by atoms with Gasteiger partial charge in [-0.2, -0.15) is 0 Å². The fourth-order valence-electron chi connectivity index (χ4n) is 1.15. The third kappa shape index (κ3) is 2.37. The molecule has 15 heavy (non-hydrogen) atoms. The van der Waals surface area contributed by atoms with E-state index in [-0.39, 0.29) is 4.90 Å². The Morgan fingerprint density at radius 2 is 1.80 bits per heavy atom. The van der Waals surface area contributed by atoms with Crippen LogP contribution in [-0.4, -0.2) is 12.8 Å². The second-order valence-electron chi connectivity index (χ2n) is 2.84. The largest absolute Gasteiger partial charge is 0.261 e. The molecule has 0 saturated heterocycles. The summed E-state index contributed by atoms with van der Waals surface area (Å²) >= 11 is 1.36. The van der Waals surface area contributed by atoms with Gasteiger partial charge in [0.05, 0.1) is 9.77 Å². The molecule has 78 valence electrons. The molecule has 1 heterocycles. The third-order valence-corrected chi connectivity index (χ3v) is 4.02. The Morgan fingerprint density at radius 1 is 1.13 bits per heavy atom. The molecule has 0 bridgehead atoms. The van der Waals surface area contributed by atoms with Crippen LogP contribution in [-0.2, 0) is 9.05 Å². The summed E-state index contributed by atoms with van der Waals surface area (Å²) in [4.78, 5) is 1.10. The predicted molar refractivity (Wildman–Crippen MR) is 60.6 cm³/mol. The normalized spacial score (nSPS) is 11.5. The Labute approximate surface area is 95.9 Å². The van der Waals surface area contributed by atoms with Gasteiger partial charge in [-0.05, 0) is 35.3 Å². The first-order valence-corrected chi connectivity index (χ1v) is 7.11.